The van der Waals surface area contributed by atoms with E-state index in [-0.39, 0.29) is 12.1 Å². The first-order valence-electron chi connectivity index (χ1n) is 2.69. The van der Waals surface area contributed by atoms with E-state index in [0.29, 0.717) is 0 Å². The van der Waals surface area contributed by atoms with Crippen LogP contribution in [-0.4, -0.2) is 12.1 Å². The molecule has 0 aromatic rings. The topological polar surface area (TPSA) is 41.1 Å². The van der Waals surface area contributed by atoms with Gasteiger partial charge in [0.2, 0.25) is 0 Å². The maximum atomic E-state index is 10.5. The Morgan fingerprint density at radius 3 is 2.56 bits per heavy atom. The van der Waals surface area contributed by atoms with Crippen LogP contribution < -0.4 is 10.6 Å². The fraction of sp³-hybridized carbons (Fsp3) is 0.500. The molecular formula is C6H10N2O. The summed E-state index contributed by atoms with van der Waals surface area (Å²) in [6.45, 7) is 3.71. The van der Waals surface area contributed by atoms with Gasteiger partial charge in [0, 0.05) is 12.1 Å². The van der Waals surface area contributed by atoms with Gasteiger partial charge < -0.3 is 5.32 Å². The minimum absolute atomic E-state index is 0.123. The summed E-state index contributed by atoms with van der Waals surface area (Å²) in [4.78, 5) is 10.5. The molecule has 3 heteroatoms. The van der Waals surface area contributed by atoms with Crippen LogP contribution in [0.4, 0.5) is 4.79 Å². The van der Waals surface area contributed by atoms with Gasteiger partial charge in [-0.3, -0.25) is 5.32 Å². The van der Waals surface area contributed by atoms with Crippen LogP contribution in [-0.2, 0) is 0 Å². The zero-order chi connectivity index (χ0) is 7.28. The second-order valence-corrected chi connectivity index (χ2v) is 1.90. The van der Waals surface area contributed by atoms with Gasteiger partial charge in [-0.05, 0) is 13.8 Å². The highest BCUT2D eigenvalue weighted by atomic mass is 16.2. The first-order valence-corrected chi connectivity index (χ1v) is 2.69. The number of urea groups is 1. The molecule has 2 amide bonds. The summed E-state index contributed by atoms with van der Waals surface area (Å²) in [5.74, 6) is 0. The van der Waals surface area contributed by atoms with Gasteiger partial charge in [0.1, 0.15) is 0 Å². The molecule has 3 nitrogen and oxygen atoms in total. The maximum Gasteiger partial charge on any atom is 0.326 e. The molecule has 0 aliphatic heterocycles. The van der Waals surface area contributed by atoms with Crippen LogP contribution in [0.15, 0.2) is 0 Å². The van der Waals surface area contributed by atoms with Crippen molar-refractivity contribution < 1.29 is 4.79 Å². The molecule has 9 heavy (non-hydrogen) atoms. The van der Waals surface area contributed by atoms with Crippen molar-refractivity contribution in [2.75, 3.05) is 0 Å². The molecule has 0 atom stereocenters. The van der Waals surface area contributed by atoms with Gasteiger partial charge in [0.15, 0.2) is 0 Å². The molecular weight excluding hydrogens is 116 g/mol. The number of carbonyl (C=O) groups excluding carboxylic acids is 1. The van der Waals surface area contributed by atoms with Crippen LogP contribution in [0.3, 0.4) is 0 Å². The van der Waals surface area contributed by atoms with E-state index in [0.717, 1.165) is 0 Å². The highest BCUT2D eigenvalue weighted by Crippen LogP contribution is 1.73. The Hall–Kier alpha value is -1.17. The molecule has 0 heterocycles. The fourth-order valence-corrected chi connectivity index (χ4v) is 0.364. The van der Waals surface area contributed by atoms with E-state index in [4.69, 9.17) is 6.42 Å². The minimum atomic E-state index is -0.326. The van der Waals surface area contributed by atoms with Crippen LogP contribution in [0.5, 0.6) is 0 Å². The van der Waals surface area contributed by atoms with Crippen molar-refractivity contribution in [2.45, 2.75) is 19.9 Å². The van der Waals surface area contributed by atoms with Crippen molar-refractivity contribution >= 4 is 6.03 Å². The average molecular weight is 126 g/mol. The molecule has 50 valence electrons. The summed E-state index contributed by atoms with van der Waals surface area (Å²) < 4.78 is 0. The maximum absolute atomic E-state index is 10.5. The van der Waals surface area contributed by atoms with Crippen molar-refractivity contribution in [3.05, 3.63) is 0 Å². The molecule has 0 saturated carbocycles. The van der Waals surface area contributed by atoms with E-state index < -0.39 is 0 Å². The quantitative estimate of drug-likeness (QED) is 0.384. The predicted octanol–water partition coefficient (Wildman–Crippen LogP) is 0.285. The summed E-state index contributed by atoms with van der Waals surface area (Å²) in [5.41, 5.74) is 0. The van der Waals surface area contributed by atoms with Crippen LogP contribution in [0.25, 0.3) is 0 Å². The lowest BCUT2D eigenvalue weighted by molar-refractivity contribution is 0.242. The van der Waals surface area contributed by atoms with Gasteiger partial charge in [0.25, 0.3) is 0 Å². The van der Waals surface area contributed by atoms with Gasteiger partial charge >= 0.3 is 6.03 Å². The van der Waals surface area contributed by atoms with Crippen LogP contribution in [0, 0.1) is 12.5 Å². The molecule has 0 spiro atoms. The summed E-state index contributed by atoms with van der Waals surface area (Å²) in [7, 11) is 0. The Balaban J connectivity index is 3.42. The van der Waals surface area contributed by atoms with Crippen molar-refractivity contribution in [2.24, 2.45) is 0 Å². The first kappa shape index (κ1) is 7.83. The van der Waals surface area contributed by atoms with Gasteiger partial charge in [-0.15, -0.1) is 0 Å². The fourth-order valence-electron chi connectivity index (χ4n) is 0.364. The monoisotopic (exact) mass is 126 g/mol. The molecule has 0 aliphatic carbocycles. The van der Waals surface area contributed by atoms with Crippen molar-refractivity contribution in [3.8, 4) is 12.5 Å². The van der Waals surface area contributed by atoms with Crippen LogP contribution in [0.1, 0.15) is 13.8 Å². The Bertz CT molecular complexity index is 134. The van der Waals surface area contributed by atoms with Crippen molar-refractivity contribution in [1.82, 2.24) is 10.6 Å². The summed E-state index contributed by atoms with van der Waals surface area (Å²) in [6.07, 6.45) is 4.78. The van der Waals surface area contributed by atoms with E-state index in [1.54, 1.807) is 0 Å². The molecule has 0 aromatic carbocycles. The molecule has 0 rings (SSSR count). The van der Waals surface area contributed by atoms with Gasteiger partial charge in [0.05, 0.1) is 0 Å². The number of carbonyl (C=O) groups is 1. The molecule has 0 bridgehead atoms. The molecule has 0 unspecified atom stereocenters. The summed E-state index contributed by atoms with van der Waals surface area (Å²) in [5, 5.41) is 4.71. The molecule has 0 saturated heterocycles. The van der Waals surface area contributed by atoms with E-state index in [2.05, 4.69) is 10.6 Å². The Kier molecular flexibility index (Phi) is 3.29. The molecule has 2 N–H and O–H groups in total. The normalized spacial score (nSPS) is 8.22. The summed E-state index contributed by atoms with van der Waals surface area (Å²) in [6, 6.07) is 1.81. The second-order valence-electron chi connectivity index (χ2n) is 1.90. The lowest BCUT2D eigenvalue weighted by atomic mass is 10.4. The van der Waals surface area contributed by atoms with E-state index in [9.17, 15) is 4.79 Å². The lowest BCUT2D eigenvalue weighted by Crippen LogP contribution is -2.36. The third-order valence-corrected chi connectivity index (χ3v) is 0.605. The van der Waals surface area contributed by atoms with E-state index in [1.165, 1.54) is 0 Å². The van der Waals surface area contributed by atoms with E-state index in [1.807, 2.05) is 19.9 Å². The Morgan fingerprint density at radius 1 is 1.67 bits per heavy atom. The molecule has 0 radical (unpaired) electrons. The van der Waals surface area contributed by atoms with Crippen molar-refractivity contribution in [1.29, 1.82) is 0 Å². The van der Waals surface area contributed by atoms with Gasteiger partial charge in [-0.1, -0.05) is 6.42 Å². The largest absolute Gasteiger partial charge is 0.335 e. The second kappa shape index (κ2) is 3.79. The number of amides is 2. The number of rotatable bonds is 1. The highest BCUT2D eigenvalue weighted by molar-refractivity contribution is 5.75. The van der Waals surface area contributed by atoms with Crippen LogP contribution in [0.2, 0.25) is 0 Å². The Morgan fingerprint density at radius 2 is 2.22 bits per heavy atom. The third kappa shape index (κ3) is 4.69. The average Bonchev–Trinajstić information content (AvgIpc) is 1.63. The molecule has 0 aliphatic rings. The smallest absolute Gasteiger partial charge is 0.326 e. The highest BCUT2D eigenvalue weighted by Gasteiger charge is 1.97. The van der Waals surface area contributed by atoms with Gasteiger partial charge in [-0.2, -0.15) is 0 Å². The SMILES string of the molecule is C#CNC(=O)NC(C)C. The van der Waals surface area contributed by atoms with E-state index >= 15 is 0 Å². The van der Waals surface area contributed by atoms with Gasteiger partial charge in [-0.25, -0.2) is 4.79 Å². The molecule has 0 aromatic heterocycles. The number of nitrogens with one attached hydrogen (secondary N) is 2. The zero-order valence-electron chi connectivity index (χ0n) is 5.56. The van der Waals surface area contributed by atoms with Crippen LogP contribution >= 0.6 is 0 Å². The number of hydrogen-bond acceptors (Lipinski definition) is 1. The minimum Gasteiger partial charge on any atom is -0.335 e. The number of terminal acetylenes is 1. The molecule has 0 fully saturated rings. The number of hydrogen-bond donors (Lipinski definition) is 2. The lowest BCUT2D eigenvalue weighted by Gasteiger charge is -2.04. The predicted molar refractivity (Wildman–Crippen MR) is 35.6 cm³/mol. The standard InChI is InChI=1S/C6H10N2O/c1-4-7-6(9)8-5(2)3/h1,5H,2-3H3,(H2,7,8,9). The Labute approximate surface area is 54.8 Å². The first-order chi connectivity index (χ1) is 4.16. The zero-order valence-corrected chi connectivity index (χ0v) is 5.56. The third-order valence-electron chi connectivity index (χ3n) is 0.605. The van der Waals surface area contributed by atoms with Crippen molar-refractivity contribution in [3.63, 3.8) is 0 Å². The summed E-state index contributed by atoms with van der Waals surface area (Å²) >= 11 is 0.